The molecule has 0 saturated carbocycles. The highest BCUT2D eigenvalue weighted by atomic mass is 16.5. The third-order valence-electron chi connectivity index (χ3n) is 1.70. The van der Waals surface area contributed by atoms with Crippen molar-refractivity contribution in [2.45, 2.75) is 25.5 Å². The number of rotatable bonds is 1. The van der Waals surface area contributed by atoms with Crippen LogP contribution in [0.5, 0.6) is 0 Å². The highest BCUT2D eigenvalue weighted by molar-refractivity contribution is 5.84. The number of ether oxygens (including phenoxy) is 1. The summed E-state index contributed by atoms with van der Waals surface area (Å²) >= 11 is 0. The number of nitrogens with two attached hydrogens (primary N) is 1. The first kappa shape index (κ1) is 8.07. The van der Waals surface area contributed by atoms with E-state index in [1.54, 1.807) is 6.92 Å². The zero-order valence-electron chi connectivity index (χ0n) is 6.28. The summed E-state index contributed by atoms with van der Waals surface area (Å²) in [6.07, 6.45) is 1.88. The molecule has 0 fully saturated rings. The molecule has 1 rings (SSSR count). The molecular weight excluding hydrogens is 146 g/mol. The van der Waals surface area contributed by atoms with Crippen molar-refractivity contribution >= 4 is 5.97 Å². The van der Waals surface area contributed by atoms with Crippen molar-refractivity contribution < 1.29 is 14.6 Å². The summed E-state index contributed by atoms with van der Waals surface area (Å²) in [5.41, 5.74) is 5.58. The Hall–Kier alpha value is -1.03. The Morgan fingerprint density at radius 3 is 3.00 bits per heavy atom. The number of carboxylic acid groups (broad SMARTS) is 1. The van der Waals surface area contributed by atoms with Crippen molar-refractivity contribution in [2.24, 2.45) is 5.73 Å². The summed E-state index contributed by atoms with van der Waals surface area (Å²) in [5.74, 6) is -1.01. The van der Waals surface area contributed by atoms with Crippen LogP contribution in [0.3, 0.4) is 0 Å². The summed E-state index contributed by atoms with van der Waals surface area (Å²) in [5, 5.41) is 8.51. The molecule has 0 bridgehead atoms. The van der Waals surface area contributed by atoms with Gasteiger partial charge in [0.05, 0.1) is 0 Å². The highest BCUT2D eigenvalue weighted by Gasteiger charge is 2.22. The molecule has 0 amide bonds. The lowest BCUT2D eigenvalue weighted by atomic mass is 10.1. The number of hydrogen-bond donors (Lipinski definition) is 2. The molecule has 1 aliphatic rings. The van der Waals surface area contributed by atoms with Gasteiger partial charge in [-0.05, 0) is 19.4 Å². The van der Waals surface area contributed by atoms with E-state index in [2.05, 4.69) is 0 Å². The summed E-state index contributed by atoms with van der Waals surface area (Å²) in [6.45, 7) is 1.76. The van der Waals surface area contributed by atoms with E-state index in [9.17, 15) is 4.79 Å². The largest absolute Gasteiger partial charge is 0.482 e. The second kappa shape index (κ2) is 2.92. The highest BCUT2D eigenvalue weighted by Crippen LogP contribution is 2.15. The molecule has 0 aromatic carbocycles. The van der Waals surface area contributed by atoms with Crippen LogP contribution < -0.4 is 5.73 Å². The monoisotopic (exact) mass is 157 g/mol. The van der Waals surface area contributed by atoms with Gasteiger partial charge in [-0.25, -0.2) is 4.79 Å². The van der Waals surface area contributed by atoms with Crippen LogP contribution >= 0.6 is 0 Å². The molecule has 2 unspecified atom stereocenters. The van der Waals surface area contributed by atoms with E-state index >= 15 is 0 Å². The molecule has 4 heteroatoms. The maximum atomic E-state index is 10.4. The quantitative estimate of drug-likeness (QED) is 0.565. The number of carbonyl (C=O) groups is 1. The Balaban J connectivity index is 2.66. The fourth-order valence-corrected chi connectivity index (χ4v) is 0.908. The Morgan fingerprint density at radius 2 is 2.55 bits per heavy atom. The average Bonchev–Trinajstić information content (AvgIpc) is 1.94. The summed E-state index contributed by atoms with van der Waals surface area (Å²) in [7, 11) is 0. The summed E-state index contributed by atoms with van der Waals surface area (Å²) in [6, 6.07) is -0.0851. The van der Waals surface area contributed by atoms with Gasteiger partial charge in [-0.1, -0.05) is 0 Å². The summed E-state index contributed by atoms with van der Waals surface area (Å²) < 4.78 is 5.00. The van der Waals surface area contributed by atoms with Crippen LogP contribution in [-0.4, -0.2) is 23.2 Å². The van der Waals surface area contributed by atoms with Crippen LogP contribution in [-0.2, 0) is 9.53 Å². The van der Waals surface area contributed by atoms with Crippen molar-refractivity contribution in [1.29, 1.82) is 0 Å². The molecule has 0 saturated heterocycles. The van der Waals surface area contributed by atoms with Gasteiger partial charge < -0.3 is 15.6 Å². The summed E-state index contributed by atoms with van der Waals surface area (Å²) in [4.78, 5) is 10.4. The standard InChI is InChI=1S/C7H11NO3/c1-4-5(8)2-3-6(11-4)7(9)10/h3-5H,2,8H2,1H3,(H,9,10). The normalized spacial score (nSPS) is 30.5. The zero-order valence-corrected chi connectivity index (χ0v) is 6.28. The van der Waals surface area contributed by atoms with Gasteiger partial charge in [0.15, 0.2) is 0 Å². The molecule has 11 heavy (non-hydrogen) atoms. The third-order valence-corrected chi connectivity index (χ3v) is 1.70. The van der Waals surface area contributed by atoms with E-state index in [1.807, 2.05) is 0 Å². The van der Waals surface area contributed by atoms with Crippen molar-refractivity contribution in [3.05, 3.63) is 11.8 Å². The lowest BCUT2D eigenvalue weighted by Crippen LogP contribution is -2.37. The second-order valence-electron chi connectivity index (χ2n) is 2.60. The van der Waals surface area contributed by atoms with Gasteiger partial charge in [0.25, 0.3) is 0 Å². The zero-order chi connectivity index (χ0) is 8.43. The topological polar surface area (TPSA) is 72.5 Å². The van der Waals surface area contributed by atoms with E-state index in [0.717, 1.165) is 0 Å². The van der Waals surface area contributed by atoms with Crippen molar-refractivity contribution in [3.63, 3.8) is 0 Å². The first-order chi connectivity index (χ1) is 5.11. The minimum Gasteiger partial charge on any atom is -0.482 e. The SMILES string of the molecule is CC1OC(C(=O)O)=CCC1N. The fourth-order valence-electron chi connectivity index (χ4n) is 0.908. The van der Waals surface area contributed by atoms with Gasteiger partial charge in [0.2, 0.25) is 5.76 Å². The second-order valence-corrected chi connectivity index (χ2v) is 2.60. The molecule has 0 aromatic rings. The maximum absolute atomic E-state index is 10.4. The molecule has 2 atom stereocenters. The first-order valence-corrected chi connectivity index (χ1v) is 3.47. The van der Waals surface area contributed by atoms with E-state index in [-0.39, 0.29) is 17.9 Å². The molecule has 0 spiro atoms. The lowest BCUT2D eigenvalue weighted by molar-refractivity contribution is -0.138. The average molecular weight is 157 g/mol. The Kier molecular flexibility index (Phi) is 2.14. The van der Waals surface area contributed by atoms with Gasteiger partial charge >= 0.3 is 5.97 Å². The van der Waals surface area contributed by atoms with E-state index in [1.165, 1.54) is 6.08 Å². The number of carboxylic acids is 1. The van der Waals surface area contributed by atoms with E-state index < -0.39 is 5.97 Å². The Bertz CT molecular complexity index is 200. The van der Waals surface area contributed by atoms with E-state index in [0.29, 0.717) is 6.42 Å². The van der Waals surface area contributed by atoms with Crippen LogP contribution in [0, 0.1) is 0 Å². The maximum Gasteiger partial charge on any atom is 0.370 e. The lowest BCUT2D eigenvalue weighted by Gasteiger charge is -2.24. The van der Waals surface area contributed by atoms with Crippen LogP contribution in [0.2, 0.25) is 0 Å². The predicted molar refractivity (Wildman–Crippen MR) is 38.9 cm³/mol. The number of hydrogen-bond acceptors (Lipinski definition) is 3. The molecule has 1 heterocycles. The minimum absolute atomic E-state index is 0.0131. The molecule has 0 aliphatic carbocycles. The molecule has 1 aliphatic heterocycles. The van der Waals surface area contributed by atoms with Crippen molar-refractivity contribution in [3.8, 4) is 0 Å². The van der Waals surface area contributed by atoms with Crippen LogP contribution in [0.25, 0.3) is 0 Å². The predicted octanol–water partition coefficient (Wildman–Crippen LogP) is 0.0910. The minimum atomic E-state index is -1.02. The van der Waals surface area contributed by atoms with Gasteiger partial charge in [-0.2, -0.15) is 0 Å². The Labute approximate surface area is 64.6 Å². The van der Waals surface area contributed by atoms with Crippen LogP contribution in [0.4, 0.5) is 0 Å². The van der Waals surface area contributed by atoms with Crippen LogP contribution in [0.15, 0.2) is 11.8 Å². The van der Waals surface area contributed by atoms with Gasteiger partial charge in [0, 0.05) is 6.04 Å². The van der Waals surface area contributed by atoms with Gasteiger partial charge in [0.1, 0.15) is 6.10 Å². The van der Waals surface area contributed by atoms with Crippen molar-refractivity contribution in [1.82, 2.24) is 0 Å². The first-order valence-electron chi connectivity index (χ1n) is 3.47. The van der Waals surface area contributed by atoms with E-state index in [4.69, 9.17) is 15.6 Å². The molecule has 4 nitrogen and oxygen atoms in total. The molecule has 0 aromatic heterocycles. The molecule has 62 valence electrons. The van der Waals surface area contributed by atoms with Gasteiger partial charge in [-0.3, -0.25) is 0 Å². The van der Waals surface area contributed by atoms with Crippen LogP contribution in [0.1, 0.15) is 13.3 Å². The molecule has 0 radical (unpaired) electrons. The Morgan fingerprint density at radius 1 is 1.91 bits per heavy atom. The molecular formula is C7H11NO3. The number of aliphatic carboxylic acids is 1. The fraction of sp³-hybridized carbons (Fsp3) is 0.571. The van der Waals surface area contributed by atoms with Gasteiger partial charge in [-0.15, -0.1) is 0 Å². The smallest absolute Gasteiger partial charge is 0.370 e. The third kappa shape index (κ3) is 1.71. The molecule has 3 N–H and O–H groups in total. The van der Waals surface area contributed by atoms with Crippen molar-refractivity contribution in [2.75, 3.05) is 0 Å².